The Hall–Kier alpha value is -1.39. The van der Waals surface area contributed by atoms with Gasteiger partial charge in [0.05, 0.1) is 18.2 Å². The third kappa shape index (κ3) is 3.78. The Kier molecular flexibility index (Phi) is 5.51. The quantitative estimate of drug-likeness (QED) is 0.726. The van der Waals surface area contributed by atoms with Crippen molar-refractivity contribution < 1.29 is 9.90 Å². The molecule has 0 aliphatic heterocycles. The number of rotatable bonds is 6. The summed E-state index contributed by atoms with van der Waals surface area (Å²) in [5, 5.41) is 12.5. The fourth-order valence-corrected chi connectivity index (χ4v) is 1.88. The number of carbonyl (C=O) groups excluding carboxylic acids is 1. The third-order valence-electron chi connectivity index (χ3n) is 3.69. The number of amides is 1. The van der Waals surface area contributed by atoms with Gasteiger partial charge < -0.3 is 16.2 Å². The molecule has 106 valence electrons. The van der Waals surface area contributed by atoms with E-state index >= 15 is 0 Å². The Balaban J connectivity index is 2.85. The van der Waals surface area contributed by atoms with Gasteiger partial charge >= 0.3 is 0 Å². The summed E-state index contributed by atoms with van der Waals surface area (Å²) >= 11 is 0. The molecule has 0 aliphatic carbocycles. The van der Waals surface area contributed by atoms with Crippen LogP contribution in [0.2, 0.25) is 0 Å². The molecule has 0 aliphatic rings. The molecule has 3 unspecified atom stereocenters. The lowest BCUT2D eigenvalue weighted by Gasteiger charge is -2.31. The van der Waals surface area contributed by atoms with Crippen LogP contribution in [0.1, 0.15) is 32.8 Å². The maximum atomic E-state index is 12.1. The lowest BCUT2D eigenvalue weighted by molar-refractivity contribution is -0.125. The zero-order chi connectivity index (χ0) is 14.5. The van der Waals surface area contributed by atoms with Crippen molar-refractivity contribution in [2.24, 2.45) is 11.7 Å². The summed E-state index contributed by atoms with van der Waals surface area (Å²) < 4.78 is 0. The predicted octanol–water partition coefficient (Wildman–Crippen LogP) is 1.38. The Bertz CT molecular complexity index is 408. The molecular weight excluding hydrogens is 240 g/mol. The SMILES string of the molecule is CCC(C)C(N)C(=O)NC(C)(CO)c1ccccc1. The maximum Gasteiger partial charge on any atom is 0.237 e. The van der Waals surface area contributed by atoms with E-state index < -0.39 is 11.6 Å². The molecule has 0 aromatic heterocycles. The van der Waals surface area contributed by atoms with Crippen LogP contribution in [0, 0.1) is 5.92 Å². The standard InChI is InChI=1S/C15H24N2O2/c1-4-11(2)13(16)14(19)17-15(3,10-18)12-8-6-5-7-9-12/h5-9,11,13,18H,4,10,16H2,1-3H3,(H,17,19). The van der Waals surface area contributed by atoms with Crippen molar-refractivity contribution in [3.63, 3.8) is 0 Å². The lowest BCUT2D eigenvalue weighted by Crippen LogP contribution is -2.53. The molecule has 0 spiro atoms. The second kappa shape index (κ2) is 6.68. The van der Waals surface area contributed by atoms with Crippen LogP contribution >= 0.6 is 0 Å². The van der Waals surface area contributed by atoms with Crippen molar-refractivity contribution in [2.75, 3.05) is 6.61 Å². The summed E-state index contributed by atoms with van der Waals surface area (Å²) in [5.74, 6) is -0.117. The molecule has 1 amide bonds. The first kappa shape index (κ1) is 15.7. The number of benzene rings is 1. The van der Waals surface area contributed by atoms with Gasteiger partial charge in [-0.25, -0.2) is 0 Å². The first-order chi connectivity index (χ1) is 8.94. The van der Waals surface area contributed by atoms with E-state index in [9.17, 15) is 9.90 Å². The summed E-state index contributed by atoms with van der Waals surface area (Å²) in [5.41, 5.74) is 5.98. The molecule has 0 saturated carbocycles. The van der Waals surface area contributed by atoms with Gasteiger partial charge in [-0.2, -0.15) is 0 Å². The molecule has 4 heteroatoms. The Morgan fingerprint density at radius 3 is 2.47 bits per heavy atom. The average molecular weight is 264 g/mol. The van der Waals surface area contributed by atoms with Crippen molar-refractivity contribution in [1.82, 2.24) is 5.32 Å². The summed E-state index contributed by atoms with van der Waals surface area (Å²) in [6.45, 7) is 5.57. The van der Waals surface area contributed by atoms with Gasteiger partial charge in [0.1, 0.15) is 0 Å². The van der Waals surface area contributed by atoms with Crippen molar-refractivity contribution in [3.8, 4) is 0 Å². The number of nitrogens with one attached hydrogen (secondary N) is 1. The molecule has 19 heavy (non-hydrogen) atoms. The number of hydrogen-bond donors (Lipinski definition) is 3. The molecule has 4 nitrogen and oxygen atoms in total. The summed E-state index contributed by atoms with van der Waals surface area (Å²) in [6, 6.07) is 8.86. The highest BCUT2D eigenvalue weighted by atomic mass is 16.3. The Labute approximate surface area is 115 Å². The zero-order valence-electron chi connectivity index (χ0n) is 11.9. The van der Waals surface area contributed by atoms with E-state index in [0.717, 1.165) is 12.0 Å². The minimum Gasteiger partial charge on any atom is -0.394 e. The van der Waals surface area contributed by atoms with E-state index in [2.05, 4.69) is 5.32 Å². The van der Waals surface area contributed by atoms with Crippen LogP contribution in [0.4, 0.5) is 0 Å². The minimum atomic E-state index is -0.802. The third-order valence-corrected chi connectivity index (χ3v) is 3.69. The molecule has 1 aromatic rings. The van der Waals surface area contributed by atoms with E-state index in [1.807, 2.05) is 44.2 Å². The number of nitrogens with two attached hydrogens (primary N) is 1. The molecule has 0 heterocycles. The molecule has 0 fully saturated rings. The Morgan fingerprint density at radius 2 is 2.00 bits per heavy atom. The highest BCUT2D eigenvalue weighted by Crippen LogP contribution is 2.20. The van der Waals surface area contributed by atoms with Gasteiger partial charge in [-0.15, -0.1) is 0 Å². The predicted molar refractivity (Wildman–Crippen MR) is 76.5 cm³/mol. The number of aliphatic hydroxyl groups is 1. The van der Waals surface area contributed by atoms with Gasteiger partial charge in [-0.1, -0.05) is 50.6 Å². The molecule has 0 radical (unpaired) electrons. The molecular formula is C15H24N2O2. The molecule has 0 bridgehead atoms. The maximum absolute atomic E-state index is 12.1. The van der Waals surface area contributed by atoms with Gasteiger partial charge in [-0.05, 0) is 18.4 Å². The van der Waals surface area contributed by atoms with E-state index in [4.69, 9.17) is 5.73 Å². The smallest absolute Gasteiger partial charge is 0.237 e. The van der Waals surface area contributed by atoms with Gasteiger partial charge in [0.2, 0.25) is 5.91 Å². The van der Waals surface area contributed by atoms with Crippen molar-refractivity contribution in [3.05, 3.63) is 35.9 Å². The van der Waals surface area contributed by atoms with Crippen molar-refractivity contribution >= 4 is 5.91 Å². The van der Waals surface area contributed by atoms with E-state index in [1.165, 1.54) is 0 Å². The zero-order valence-corrected chi connectivity index (χ0v) is 11.9. The topological polar surface area (TPSA) is 75.4 Å². The van der Waals surface area contributed by atoms with Crippen LogP contribution in [0.3, 0.4) is 0 Å². The normalized spacial score (nSPS) is 17.3. The highest BCUT2D eigenvalue weighted by Gasteiger charge is 2.30. The van der Waals surface area contributed by atoms with Gasteiger partial charge in [0, 0.05) is 0 Å². The van der Waals surface area contributed by atoms with Crippen LogP contribution in [0.15, 0.2) is 30.3 Å². The van der Waals surface area contributed by atoms with Gasteiger partial charge in [0.15, 0.2) is 0 Å². The van der Waals surface area contributed by atoms with Gasteiger partial charge in [-0.3, -0.25) is 4.79 Å². The van der Waals surface area contributed by atoms with Crippen LogP contribution in [0.5, 0.6) is 0 Å². The summed E-state index contributed by atoms with van der Waals surface area (Å²) in [7, 11) is 0. The van der Waals surface area contributed by atoms with E-state index in [0.29, 0.717) is 0 Å². The fourth-order valence-electron chi connectivity index (χ4n) is 1.88. The second-order valence-corrected chi connectivity index (χ2v) is 5.26. The van der Waals surface area contributed by atoms with Crippen LogP contribution in [-0.4, -0.2) is 23.7 Å². The van der Waals surface area contributed by atoms with Crippen LogP contribution in [0.25, 0.3) is 0 Å². The molecule has 1 rings (SSSR count). The van der Waals surface area contributed by atoms with Crippen molar-refractivity contribution in [1.29, 1.82) is 0 Å². The highest BCUT2D eigenvalue weighted by molar-refractivity contribution is 5.82. The van der Waals surface area contributed by atoms with Gasteiger partial charge in [0.25, 0.3) is 0 Å². The van der Waals surface area contributed by atoms with Crippen molar-refractivity contribution in [2.45, 2.75) is 38.8 Å². The number of aliphatic hydroxyl groups excluding tert-OH is 1. The molecule has 1 aromatic carbocycles. The van der Waals surface area contributed by atoms with Crippen LogP contribution < -0.4 is 11.1 Å². The average Bonchev–Trinajstić information content (AvgIpc) is 2.46. The van der Waals surface area contributed by atoms with E-state index in [1.54, 1.807) is 6.92 Å². The second-order valence-electron chi connectivity index (χ2n) is 5.26. The minimum absolute atomic E-state index is 0.110. The lowest BCUT2D eigenvalue weighted by atomic mass is 9.91. The van der Waals surface area contributed by atoms with Crippen LogP contribution in [-0.2, 0) is 10.3 Å². The molecule has 4 N–H and O–H groups in total. The van der Waals surface area contributed by atoms with E-state index in [-0.39, 0.29) is 18.4 Å². The number of hydrogen-bond acceptors (Lipinski definition) is 3. The molecule has 3 atom stereocenters. The Morgan fingerprint density at radius 1 is 1.42 bits per heavy atom. The summed E-state index contributed by atoms with van der Waals surface area (Å²) in [4.78, 5) is 12.1. The molecule has 0 saturated heterocycles. The number of carbonyl (C=O) groups is 1. The first-order valence-corrected chi connectivity index (χ1v) is 6.68. The largest absolute Gasteiger partial charge is 0.394 e. The fraction of sp³-hybridized carbons (Fsp3) is 0.533. The summed E-state index contributed by atoms with van der Waals surface area (Å²) in [6.07, 6.45) is 0.843. The monoisotopic (exact) mass is 264 g/mol. The first-order valence-electron chi connectivity index (χ1n) is 6.68.